The molecule has 0 saturated heterocycles. The summed E-state index contributed by atoms with van der Waals surface area (Å²) in [6.45, 7) is 4.13. The molecule has 1 radical (unpaired) electrons. The van der Waals surface area contributed by atoms with Gasteiger partial charge in [0.05, 0.1) is 10.7 Å². The predicted octanol–water partition coefficient (Wildman–Crippen LogP) is 4.20. The molecular formula is C11H13Cl3NOSi. The Hall–Kier alpha value is -0.353. The summed E-state index contributed by atoms with van der Waals surface area (Å²) < 4.78 is 5.83. The highest BCUT2D eigenvalue weighted by Gasteiger charge is 2.23. The lowest BCUT2D eigenvalue weighted by atomic mass is 10.3. The Morgan fingerprint density at radius 1 is 1.24 bits per heavy atom. The van der Waals surface area contributed by atoms with Crippen LogP contribution in [0, 0.1) is 0 Å². The van der Waals surface area contributed by atoms with Gasteiger partial charge in [-0.25, -0.2) is 0 Å². The van der Waals surface area contributed by atoms with Crippen molar-refractivity contribution in [1.29, 1.82) is 0 Å². The third kappa shape index (κ3) is 4.10. The van der Waals surface area contributed by atoms with Gasteiger partial charge in [-0.15, -0.1) is 0 Å². The molecule has 0 bridgehead atoms. The van der Waals surface area contributed by atoms with Crippen molar-refractivity contribution in [2.45, 2.75) is 18.8 Å². The first-order valence-corrected chi connectivity index (χ1v) is 8.66. The van der Waals surface area contributed by atoms with E-state index in [9.17, 15) is 0 Å². The number of nitrogens with two attached hydrogens (primary N) is 1. The van der Waals surface area contributed by atoms with Crippen LogP contribution in [0.3, 0.4) is 0 Å². The number of ether oxygens (including phenoxy) is 1. The fourth-order valence-electron chi connectivity index (χ4n) is 1.24. The fraction of sp³-hybridized carbons (Fsp3) is 0.273. The minimum Gasteiger partial charge on any atom is -0.487 e. The van der Waals surface area contributed by atoms with Gasteiger partial charge in [-0.05, 0) is 12.1 Å². The average molecular weight is 310 g/mol. The first kappa shape index (κ1) is 14.7. The lowest BCUT2D eigenvalue weighted by Gasteiger charge is -2.22. The summed E-state index contributed by atoms with van der Waals surface area (Å²) in [7, 11) is -0.867. The lowest BCUT2D eigenvalue weighted by Crippen LogP contribution is -2.31. The average Bonchev–Trinajstić information content (AvgIpc) is 2.26. The van der Waals surface area contributed by atoms with Crippen LogP contribution in [-0.2, 0) is 0 Å². The molecular weight excluding hydrogens is 297 g/mol. The molecule has 0 spiro atoms. The first-order chi connectivity index (χ1) is 7.93. The van der Waals surface area contributed by atoms with Crippen LogP contribution in [0.5, 0.6) is 5.75 Å². The van der Waals surface area contributed by atoms with Gasteiger partial charge in [0, 0.05) is 0 Å². The topological polar surface area (TPSA) is 35.2 Å². The standard InChI is InChI=1S/C11H13Cl3NOSi/c1-17(2)11(9(12)10(13)14)16-8-6-4-3-5-7(8)15/h3-6,11H,15H2,1-2H3. The Labute approximate surface area is 118 Å². The van der Waals surface area contributed by atoms with Gasteiger partial charge in [0.1, 0.15) is 24.8 Å². The SMILES string of the molecule is C[Si](C)C(Oc1ccccc1N)C(Cl)=C(Cl)Cl. The van der Waals surface area contributed by atoms with Gasteiger partial charge >= 0.3 is 0 Å². The Morgan fingerprint density at radius 3 is 2.29 bits per heavy atom. The van der Waals surface area contributed by atoms with Crippen molar-refractivity contribution >= 4 is 49.3 Å². The van der Waals surface area contributed by atoms with Gasteiger partial charge < -0.3 is 10.5 Å². The number of hydrogen-bond acceptors (Lipinski definition) is 2. The normalized spacial score (nSPS) is 12.4. The fourth-order valence-corrected chi connectivity index (χ4v) is 3.33. The molecule has 17 heavy (non-hydrogen) atoms. The lowest BCUT2D eigenvalue weighted by molar-refractivity contribution is 0.316. The molecule has 1 atom stereocenters. The van der Waals surface area contributed by atoms with Crippen molar-refractivity contribution in [2.24, 2.45) is 0 Å². The molecule has 0 aliphatic carbocycles. The number of para-hydroxylation sites is 2. The van der Waals surface area contributed by atoms with E-state index in [1.807, 2.05) is 12.1 Å². The number of rotatable bonds is 4. The maximum absolute atomic E-state index is 6.05. The summed E-state index contributed by atoms with van der Waals surface area (Å²) in [5.74, 6) is 0.594. The van der Waals surface area contributed by atoms with Crippen LogP contribution >= 0.6 is 34.8 Å². The van der Waals surface area contributed by atoms with E-state index in [1.165, 1.54) is 0 Å². The molecule has 0 fully saturated rings. The van der Waals surface area contributed by atoms with E-state index in [2.05, 4.69) is 13.1 Å². The van der Waals surface area contributed by atoms with Gasteiger partial charge in [-0.2, -0.15) is 0 Å². The van der Waals surface area contributed by atoms with Gasteiger partial charge in [-0.3, -0.25) is 0 Å². The van der Waals surface area contributed by atoms with Crippen molar-refractivity contribution in [1.82, 2.24) is 0 Å². The van der Waals surface area contributed by atoms with Crippen LogP contribution in [0.25, 0.3) is 0 Å². The molecule has 93 valence electrons. The molecule has 1 unspecified atom stereocenters. The summed E-state index contributed by atoms with van der Waals surface area (Å²) >= 11 is 17.4. The van der Waals surface area contributed by atoms with Crippen molar-refractivity contribution in [3.8, 4) is 5.75 Å². The number of hydrogen-bond donors (Lipinski definition) is 1. The zero-order chi connectivity index (χ0) is 13.0. The summed E-state index contributed by atoms with van der Waals surface area (Å²) in [4.78, 5) is 0. The minimum atomic E-state index is -0.867. The maximum Gasteiger partial charge on any atom is 0.142 e. The molecule has 1 rings (SSSR count). The molecule has 0 saturated carbocycles. The van der Waals surface area contributed by atoms with E-state index >= 15 is 0 Å². The van der Waals surface area contributed by atoms with Gasteiger partial charge in [0.2, 0.25) is 0 Å². The van der Waals surface area contributed by atoms with E-state index in [1.54, 1.807) is 12.1 Å². The molecule has 0 heterocycles. The monoisotopic (exact) mass is 308 g/mol. The van der Waals surface area contributed by atoms with Crippen LogP contribution in [0.2, 0.25) is 13.1 Å². The van der Waals surface area contributed by atoms with Crippen molar-refractivity contribution in [2.75, 3.05) is 5.73 Å². The molecule has 0 aliphatic rings. The van der Waals surface area contributed by atoms with Gasteiger partial charge in [0.25, 0.3) is 0 Å². The third-order valence-corrected chi connectivity index (χ3v) is 4.73. The summed E-state index contributed by atoms with van der Waals surface area (Å²) in [5.41, 5.74) is 6.06. The zero-order valence-electron chi connectivity index (χ0n) is 9.51. The van der Waals surface area contributed by atoms with Crippen LogP contribution in [-0.4, -0.2) is 14.5 Å². The van der Waals surface area contributed by atoms with Gasteiger partial charge in [-0.1, -0.05) is 60.0 Å². The molecule has 0 aromatic heterocycles. The third-order valence-electron chi connectivity index (χ3n) is 2.10. The van der Waals surface area contributed by atoms with Crippen molar-refractivity contribution in [3.63, 3.8) is 0 Å². The number of benzene rings is 1. The summed E-state index contributed by atoms with van der Waals surface area (Å²) in [6.07, 6.45) is 0. The van der Waals surface area contributed by atoms with Crippen LogP contribution in [0.4, 0.5) is 5.69 Å². The maximum atomic E-state index is 6.05. The smallest absolute Gasteiger partial charge is 0.142 e. The number of halogens is 3. The molecule has 1 aromatic rings. The van der Waals surface area contributed by atoms with E-state index in [4.69, 9.17) is 45.3 Å². The summed E-state index contributed by atoms with van der Waals surface area (Å²) in [5, 5.41) is 0.329. The van der Waals surface area contributed by atoms with E-state index in [0.717, 1.165) is 0 Å². The van der Waals surface area contributed by atoms with E-state index in [-0.39, 0.29) is 10.2 Å². The molecule has 0 amide bonds. The first-order valence-electron chi connectivity index (χ1n) is 4.95. The number of anilines is 1. The van der Waals surface area contributed by atoms with Crippen molar-refractivity contribution < 1.29 is 4.74 Å². The van der Waals surface area contributed by atoms with Gasteiger partial charge in [0.15, 0.2) is 0 Å². The highest BCUT2D eigenvalue weighted by atomic mass is 35.5. The Morgan fingerprint density at radius 2 is 1.82 bits per heavy atom. The quantitative estimate of drug-likeness (QED) is 0.668. The minimum absolute atomic E-state index is 0.0392. The molecule has 2 nitrogen and oxygen atoms in total. The molecule has 2 N–H and O–H groups in total. The number of nitrogen functional groups attached to an aromatic ring is 1. The highest BCUT2D eigenvalue weighted by molar-refractivity contribution is 6.64. The van der Waals surface area contributed by atoms with Crippen molar-refractivity contribution in [3.05, 3.63) is 33.8 Å². The second-order valence-corrected chi connectivity index (χ2v) is 7.76. The van der Waals surface area contributed by atoms with E-state index in [0.29, 0.717) is 16.5 Å². The predicted molar refractivity (Wildman–Crippen MR) is 77.3 cm³/mol. The Kier molecular flexibility index (Phi) is 5.66. The molecule has 1 aromatic carbocycles. The van der Waals surface area contributed by atoms with Crippen LogP contribution < -0.4 is 10.5 Å². The zero-order valence-corrected chi connectivity index (χ0v) is 12.8. The largest absolute Gasteiger partial charge is 0.487 e. The Bertz CT molecular complexity index is 419. The second kappa shape index (κ2) is 6.54. The summed E-state index contributed by atoms with van der Waals surface area (Å²) in [6, 6.07) is 7.25. The molecule has 0 aliphatic heterocycles. The van der Waals surface area contributed by atoms with E-state index < -0.39 is 8.80 Å². The van der Waals surface area contributed by atoms with Crippen LogP contribution in [0.15, 0.2) is 33.8 Å². The molecule has 6 heteroatoms. The second-order valence-electron chi connectivity index (χ2n) is 3.72. The highest BCUT2D eigenvalue weighted by Crippen LogP contribution is 2.29. The Balaban J connectivity index is 2.97. The van der Waals surface area contributed by atoms with Crippen LogP contribution in [0.1, 0.15) is 0 Å².